The maximum atomic E-state index is 11.9. The van der Waals surface area contributed by atoms with Gasteiger partial charge in [0.1, 0.15) is 0 Å². The van der Waals surface area contributed by atoms with Gasteiger partial charge in [-0.3, -0.25) is 4.79 Å². The van der Waals surface area contributed by atoms with Crippen molar-refractivity contribution in [1.29, 1.82) is 0 Å². The fraction of sp³-hybridized carbons (Fsp3) is 0.846. The van der Waals surface area contributed by atoms with E-state index in [1.165, 1.54) is 0 Å². The number of amides is 2. The van der Waals surface area contributed by atoms with Crippen molar-refractivity contribution in [2.24, 2.45) is 0 Å². The number of aliphatic carboxylic acids is 1. The molecule has 0 aromatic carbocycles. The average molecular weight is 288 g/mol. The SMILES string of the molecule is CCCC(CC(=O)O)NC(=O)NC1CCCC1SC. The highest BCUT2D eigenvalue weighted by Gasteiger charge is 2.28. The van der Waals surface area contributed by atoms with E-state index in [1.807, 2.05) is 6.92 Å². The molecule has 110 valence electrons. The lowest BCUT2D eigenvalue weighted by Gasteiger charge is -2.22. The molecule has 1 saturated carbocycles. The van der Waals surface area contributed by atoms with Crippen molar-refractivity contribution in [3.8, 4) is 0 Å². The van der Waals surface area contributed by atoms with Crippen LogP contribution in [-0.2, 0) is 4.79 Å². The minimum Gasteiger partial charge on any atom is -0.481 e. The highest BCUT2D eigenvalue weighted by atomic mass is 32.2. The van der Waals surface area contributed by atoms with E-state index in [0.717, 1.165) is 25.7 Å². The highest BCUT2D eigenvalue weighted by molar-refractivity contribution is 7.99. The quantitative estimate of drug-likeness (QED) is 0.671. The fourth-order valence-electron chi connectivity index (χ4n) is 2.55. The van der Waals surface area contributed by atoms with Gasteiger partial charge in [0.2, 0.25) is 0 Å². The summed E-state index contributed by atoms with van der Waals surface area (Å²) < 4.78 is 0. The Hall–Kier alpha value is -0.910. The highest BCUT2D eigenvalue weighted by Crippen LogP contribution is 2.28. The summed E-state index contributed by atoms with van der Waals surface area (Å²) >= 11 is 1.79. The molecule has 1 rings (SSSR count). The number of urea groups is 1. The molecule has 2 amide bonds. The van der Waals surface area contributed by atoms with E-state index in [9.17, 15) is 9.59 Å². The molecule has 19 heavy (non-hydrogen) atoms. The second-order valence-corrected chi connectivity index (χ2v) is 6.09. The number of hydrogen-bond donors (Lipinski definition) is 3. The van der Waals surface area contributed by atoms with Crippen molar-refractivity contribution in [3.63, 3.8) is 0 Å². The van der Waals surface area contributed by atoms with Crippen molar-refractivity contribution >= 4 is 23.8 Å². The van der Waals surface area contributed by atoms with Crippen LogP contribution >= 0.6 is 11.8 Å². The maximum absolute atomic E-state index is 11.9. The number of carbonyl (C=O) groups excluding carboxylic acids is 1. The second kappa shape index (κ2) is 8.30. The first-order valence-corrected chi connectivity index (χ1v) is 8.17. The summed E-state index contributed by atoms with van der Waals surface area (Å²) in [7, 11) is 0. The van der Waals surface area contributed by atoms with Crippen LogP contribution in [0.1, 0.15) is 45.4 Å². The van der Waals surface area contributed by atoms with Crippen molar-refractivity contribution in [1.82, 2.24) is 10.6 Å². The summed E-state index contributed by atoms with van der Waals surface area (Å²) in [6, 6.07) is -0.301. The molecule has 0 aromatic rings. The largest absolute Gasteiger partial charge is 0.481 e. The molecular weight excluding hydrogens is 264 g/mol. The van der Waals surface area contributed by atoms with Gasteiger partial charge in [0.15, 0.2) is 0 Å². The molecule has 1 fully saturated rings. The minimum atomic E-state index is -0.874. The van der Waals surface area contributed by atoms with E-state index in [0.29, 0.717) is 11.7 Å². The number of carboxylic acid groups (broad SMARTS) is 1. The lowest BCUT2D eigenvalue weighted by Crippen LogP contribution is -2.48. The topological polar surface area (TPSA) is 78.4 Å². The van der Waals surface area contributed by atoms with E-state index >= 15 is 0 Å². The number of rotatable bonds is 7. The van der Waals surface area contributed by atoms with Gasteiger partial charge in [0.25, 0.3) is 0 Å². The summed E-state index contributed by atoms with van der Waals surface area (Å²) in [5.41, 5.74) is 0. The molecule has 6 heteroatoms. The standard InChI is InChI=1S/C13H24N2O3S/c1-3-5-9(8-12(16)17)14-13(18)15-10-6-4-7-11(10)19-2/h9-11H,3-8H2,1-2H3,(H,16,17)(H2,14,15,18). The van der Waals surface area contributed by atoms with Crippen LogP contribution in [0.15, 0.2) is 0 Å². The van der Waals surface area contributed by atoms with Crippen LogP contribution in [0.5, 0.6) is 0 Å². The van der Waals surface area contributed by atoms with Gasteiger partial charge in [-0.2, -0.15) is 11.8 Å². The minimum absolute atomic E-state index is 0.0160. The summed E-state index contributed by atoms with van der Waals surface area (Å²) in [4.78, 5) is 22.6. The third-order valence-electron chi connectivity index (χ3n) is 3.47. The first-order chi connectivity index (χ1) is 9.06. The Labute approximate surface area is 118 Å². The Morgan fingerprint density at radius 3 is 2.74 bits per heavy atom. The van der Waals surface area contributed by atoms with E-state index in [4.69, 9.17) is 5.11 Å². The van der Waals surface area contributed by atoms with Gasteiger partial charge in [0, 0.05) is 17.3 Å². The molecule has 0 aliphatic heterocycles. The predicted molar refractivity (Wildman–Crippen MR) is 77.6 cm³/mol. The van der Waals surface area contributed by atoms with Gasteiger partial charge in [-0.25, -0.2) is 4.79 Å². The Bertz CT molecular complexity index is 312. The molecule has 0 heterocycles. The third-order valence-corrected chi connectivity index (χ3v) is 4.63. The first kappa shape index (κ1) is 16.1. The van der Waals surface area contributed by atoms with Gasteiger partial charge in [-0.1, -0.05) is 19.8 Å². The smallest absolute Gasteiger partial charge is 0.315 e. The number of hydrogen-bond acceptors (Lipinski definition) is 3. The summed E-state index contributed by atoms with van der Waals surface area (Å²) in [6.07, 6.45) is 6.89. The number of carboxylic acids is 1. The predicted octanol–water partition coefficient (Wildman–Crippen LogP) is 2.21. The second-order valence-electron chi connectivity index (χ2n) is 5.01. The van der Waals surface area contributed by atoms with Gasteiger partial charge in [-0.15, -0.1) is 0 Å². The molecule has 3 atom stereocenters. The van der Waals surface area contributed by atoms with Crippen molar-refractivity contribution in [3.05, 3.63) is 0 Å². The zero-order valence-corrected chi connectivity index (χ0v) is 12.5. The lowest BCUT2D eigenvalue weighted by molar-refractivity contribution is -0.137. The van der Waals surface area contributed by atoms with Crippen LogP contribution in [0.3, 0.4) is 0 Å². The Kier molecular flexibility index (Phi) is 7.05. The number of nitrogens with one attached hydrogen (secondary N) is 2. The van der Waals surface area contributed by atoms with Crippen molar-refractivity contribution in [2.45, 2.75) is 62.8 Å². The van der Waals surface area contributed by atoms with E-state index in [1.54, 1.807) is 11.8 Å². The zero-order valence-electron chi connectivity index (χ0n) is 11.6. The molecule has 0 spiro atoms. The van der Waals surface area contributed by atoms with E-state index in [-0.39, 0.29) is 24.5 Å². The van der Waals surface area contributed by atoms with Crippen LogP contribution < -0.4 is 10.6 Å². The molecule has 0 aromatic heterocycles. The van der Waals surface area contributed by atoms with Crippen LogP contribution in [0.25, 0.3) is 0 Å². The number of carbonyl (C=O) groups is 2. The Morgan fingerprint density at radius 2 is 2.16 bits per heavy atom. The molecular formula is C13H24N2O3S. The average Bonchev–Trinajstić information content (AvgIpc) is 2.75. The van der Waals surface area contributed by atoms with E-state index < -0.39 is 5.97 Å². The van der Waals surface area contributed by atoms with Gasteiger partial charge >= 0.3 is 12.0 Å². The Morgan fingerprint density at radius 1 is 1.42 bits per heavy atom. The van der Waals surface area contributed by atoms with Crippen LogP contribution in [0, 0.1) is 0 Å². The summed E-state index contributed by atoms with van der Waals surface area (Å²) in [5.74, 6) is -0.874. The first-order valence-electron chi connectivity index (χ1n) is 6.88. The number of thioether (sulfide) groups is 1. The molecule has 5 nitrogen and oxygen atoms in total. The fourth-order valence-corrected chi connectivity index (χ4v) is 3.49. The molecule has 3 unspecified atom stereocenters. The monoisotopic (exact) mass is 288 g/mol. The van der Waals surface area contributed by atoms with Gasteiger partial charge < -0.3 is 15.7 Å². The normalized spacial score (nSPS) is 23.9. The molecule has 1 aliphatic carbocycles. The Balaban J connectivity index is 2.41. The van der Waals surface area contributed by atoms with E-state index in [2.05, 4.69) is 16.9 Å². The molecule has 0 bridgehead atoms. The van der Waals surface area contributed by atoms with Gasteiger partial charge in [0.05, 0.1) is 6.42 Å². The van der Waals surface area contributed by atoms with Crippen LogP contribution in [0.4, 0.5) is 4.79 Å². The van der Waals surface area contributed by atoms with Crippen molar-refractivity contribution in [2.75, 3.05) is 6.26 Å². The lowest BCUT2D eigenvalue weighted by atomic mass is 10.1. The molecule has 0 saturated heterocycles. The molecule has 1 aliphatic rings. The summed E-state index contributed by atoms with van der Waals surface area (Å²) in [6.45, 7) is 1.98. The molecule has 3 N–H and O–H groups in total. The van der Waals surface area contributed by atoms with Crippen LogP contribution in [0.2, 0.25) is 0 Å². The zero-order chi connectivity index (χ0) is 14.3. The van der Waals surface area contributed by atoms with Gasteiger partial charge in [-0.05, 0) is 25.5 Å². The van der Waals surface area contributed by atoms with Crippen LogP contribution in [-0.4, -0.2) is 40.7 Å². The maximum Gasteiger partial charge on any atom is 0.315 e. The molecule has 0 radical (unpaired) electrons. The summed E-state index contributed by atoms with van der Waals surface area (Å²) in [5, 5.41) is 15.1. The third kappa shape index (κ3) is 5.72. The van der Waals surface area contributed by atoms with Crippen molar-refractivity contribution < 1.29 is 14.7 Å².